The Labute approximate surface area is 98.8 Å². The van der Waals surface area contributed by atoms with Gasteiger partial charge in [-0.05, 0) is 26.3 Å². The summed E-state index contributed by atoms with van der Waals surface area (Å²) in [4.78, 5) is 15.9. The number of likely N-dealkylation sites (tertiary alicyclic amines) is 1. The molecule has 0 spiro atoms. The fourth-order valence-corrected chi connectivity index (χ4v) is 2.48. The van der Waals surface area contributed by atoms with Crippen molar-refractivity contribution in [3.8, 4) is 0 Å². The molecular formula is C12H25N3O. The van der Waals surface area contributed by atoms with Gasteiger partial charge in [0.25, 0.3) is 0 Å². The van der Waals surface area contributed by atoms with Gasteiger partial charge >= 0.3 is 0 Å². The van der Waals surface area contributed by atoms with Crippen molar-refractivity contribution in [2.75, 3.05) is 27.2 Å². The van der Waals surface area contributed by atoms with Gasteiger partial charge in [0.1, 0.15) is 0 Å². The molecule has 94 valence electrons. The minimum Gasteiger partial charge on any atom is -0.347 e. The van der Waals surface area contributed by atoms with Gasteiger partial charge in [-0.15, -0.1) is 0 Å². The first-order valence-corrected chi connectivity index (χ1v) is 6.25. The molecule has 1 aliphatic heterocycles. The second kappa shape index (κ2) is 6.21. The number of nitrogens with two attached hydrogens (primary N) is 1. The van der Waals surface area contributed by atoms with Crippen LogP contribution < -0.4 is 5.73 Å². The zero-order valence-electron chi connectivity index (χ0n) is 10.8. The van der Waals surface area contributed by atoms with E-state index in [2.05, 4.69) is 4.90 Å². The van der Waals surface area contributed by atoms with E-state index in [4.69, 9.17) is 5.73 Å². The summed E-state index contributed by atoms with van der Waals surface area (Å²) in [6.07, 6.45) is 4.81. The van der Waals surface area contributed by atoms with E-state index in [0.717, 1.165) is 13.0 Å². The highest BCUT2D eigenvalue weighted by Crippen LogP contribution is 2.19. The van der Waals surface area contributed by atoms with Gasteiger partial charge in [-0.1, -0.05) is 12.8 Å². The molecule has 0 aliphatic carbocycles. The van der Waals surface area contributed by atoms with E-state index in [1.165, 1.54) is 19.3 Å². The molecule has 1 fully saturated rings. The van der Waals surface area contributed by atoms with Crippen LogP contribution in [-0.4, -0.2) is 55.0 Å². The van der Waals surface area contributed by atoms with Crippen LogP contribution in [0.2, 0.25) is 0 Å². The van der Waals surface area contributed by atoms with Crippen molar-refractivity contribution in [2.45, 2.75) is 44.7 Å². The summed E-state index contributed by atoms with van der Waals surface area (Å²) in [6.45, 7) is 3.66. The Morgan fingerprint density at radius 3 is 2.69 bits per heavy atom. The van der Waals surface area contributed by atoms with Crippen LogP contribution in [0.4, 0.5) is 0 Å². The molecule has 0 saturated carbocycles. The van der Waals surface area contributed by atoms with Crippen LogP contribution in [-0.2, 0) is 4.79 Å². The zero-order valence-corrected chi connectivity index (χ0v) is 10.8. The molecule has 0 bridgehead atoms. The smallest absolute Gasteiger partial charge is 0.239 e. The molecule has 2 N–H and O–H groups in total. The number of amides is 1. The number of nitrogens with zero attached hydrogens (tertiary/aromatic N) is 2. The average Bonchev–Trinajstić information content (AvgIpc) is 2.51. The Kier molecular flexibility index (Phi) is 5.22. The summed E-state index contributed by atoms with van der Waals surface area (Å²) < 4.78 is 0. The topological polar surface area (TPSA) is 49.6 Å². The molecular weight excluding hydrogens is 202 g/mol. The molecule has 16 heavy (non-hydrogen) atoms. The molecule has 1 amide bonds. The fourth-order valence-electron chi connectivity index (χ4n) is 2.48. The first kappa shape index (κ1) is 13.5. The number of hydrogen-bond acceptors (Lipinski definition) is 3. The lowest BCUT2D eigenvalue weighted by Gasteiger charge is -2.34. The highest BCUT2D eigenvalue weighted by molar-refractivity contribution is 5.81. The summed E-state index contributed by atoms with van der Waals surface area (Å²) in [5.41, 5.74) is 5.81. The van der Waals surface area contributed by atoms with Crippen LogP contribution in [0, 0.1) is 0 Å². The maximum absolute atomic E-state index is 12.0. The summed E-state index contributed by atoms with van der Waals surface area (Å²) in [7, 11) is 3.63. The second-order valence-electron chi connectivity index (χ2n) is 4.89. The van der Waals surface area contributed by atoms with Gasteiger partial charge in [0, 0.05) is 26.7 Å². The SMILES string of the molecule is CC(C(=O)N(C)C)N1CCCCCC1CN. The highest BCUT2D eigenvalue weighted by atomic mass is 16.2. The molecule has 0 radical (unpaired) electrons. The van der Waals surface area contributed by atoms with Crippen molar-refractivity contribution < 1.29 is 4.79 Å². The number of carbonyl (C=O) groups is 1. The van der Waals surface area contributed by atoms with Crippen molar-refractivity contribution in [1.82, 2.24) is 9.80 Å². The van der Waals surface area contributed by atoms with Gasteiger partial charge in [0.2, 0.25) is 5.91 Å². The molecule has 1 aliphatic rings. The third-order valence-electron chi connectivity index (χ3n) is 3.49. The Hall–Kier alpha value is -0.610. The third-order valence-corrected chi connectivity index (χ3v) is 3.49. The first-order chi connectivity index (χ1) is 7.57. The maximum Gasteiger partial charge on any atom is 0.239 e. The van der Waals surface area contributed by atoms with E-state index in [9.17, 15) is 4.79 Å². The van der Waals surface area contributed by atoms with Crippen LogP contribution in [0.3, 0.4) is 0 Å². The number of hydrogen-bond donors (Lipinski definition) is 1. The first-order valence-electron chi connectivity index (χ1n) is 6.25. The summed E-state index contributed by atoms with van der Waals surface area (Å²) in [5, 5.41) is 0. The molecule has 2 unspecified atom stereocenters. The predicted octanol–water partition coefficient (Wildman–Crippen LogP) is 0.666. The van der Waals surface area contributed by atoms with Crippen molar-refractivity contribution in [3.63, 3.8) is 0 Å². The Bertz CT molecular complexity index is 230. The van der Waals surface area contributed by atoms with E-state index in [0.29, 0.717) is 12.6 Å². The van der Waals surface area contributed by atoms with E-state index in [1.54, 1.807) is 4.90 Å². The molecule has 1 rings (SSSR count). The second-order valence-corrected chi connectivity index (χ2v) is 4.89. The van der Waals surface area contributed by atoms with Crippen molar-refractivity contribution in [1.29, 1.82) is 0 Å². The van der Waals surface area contributed by atoms with E-state index < -0.39 is 0 Å². The van der Waals surface area contributed by atoms with Crippen LogP contribution in [0.25, 0.3) is 0 Å². The fraction of sp³-hybridized carbons (Fsp3) is 0.917. The van der Waals surface area contributed by atoms with Gasteiger partial charge in [-0.3, -0.25) is 9.69 Å². The Balaban J connectivity index is 2.69. The van der Waals surface area contributed by atoms with Gasteiger partial charge in [0.05, 0.1) is 6.04 Å². The zero-order chi connectivity index (χ0) is 12.1. The molecule has 0 aromatic rings. The Morgan fingerprint density at radius 2 is 2.12 bits per heavy atom. The molecule has 4 heteroatoms. The molecule has 2 atom stereocenters. The molecule has 0 aromatic carbocycles. The van der Waals surface area contributed by atoms with E-state index >= 15 is 0 Å². The van der Waals surface area contributed by atoms with Gasteiger partial charge < -0.3 is 10.6 Å². The summed E-state index contributed by atoms with van der Waals surface area (Å²) in [6, 6.07) is 0.336. The van der Waals surface area contributed by atoms with Crippen LogP contribution in [0.5, 0.6) is 0 Å². The molecule has 1 heterocycles. The molecule has 1 saturated heterocycles. The summed E-state index contributed by atoms with van der Waals surface area (Å²) >= 11 is 0. The Morgan fingerprint density at radius 1 is 1.44 bits per heavy atom. The largest absolute Gasteiger partial charge is 0.347 e. The normalized spacial score (nSPS) is 24.9. The minimum atomic E-state index is -0.0401. The minimum absolute atomic E-state index is 0.0401. The molecule has 4 nitrogen and oxygen atoms in total. The average molecular weight is 227 g/mol. The number of carbonyl (C=O) groups excluding carboxylic acids is 1. The van der Waals surface area contributed by atoms with E-state index in [-0.39, 0.29) is 11.9 Å². The lowest BCUT2D eigenvalue weighted by molar-refractivity contribution is -0.134. The predicted molar refractivity (Wildman–Crippen MR) is 66.2 cm³/mol. The van der Waals surface area contributed by atoms with Crippen LogP contribution in [0.15, 0.2) is 0 Å². The molecule has 0 aromatic heterocycles. The van der Waals surface area contributed by atoms with Gasteiger partial charge in [-0.2, -0.15) is 0 Å². The lowest BCUT2D eigenvalue weighted by Crippen LogP contribution is -2.51. The van der Waals surface area contributed by atoms with Crippen molar-refractivity contribution >= 4 is 5.91 Å². The monoisotopic (exact) mass is 227 g/mol. The quantitative estimate of drug-likeness (QED) is 0.771. The highest BCUT2D eigenvalue weighted by Gasteiger charge is 2.28. The van der Waals surface area contributed by atoms with Crippen molar-refractivity contribution in [3.05, 3.63) is 0 Å². The van der Waals surface area contributed by atoms with E-state index in [1.807, 2.05) is 21.0 Å². The standard InChI is InChI=1S/C12H25N3O/c1-10(12(16)14(2)3)15-8-6-4-5-7-11(15)9-13/h10-11H,4-9,13H2,1-3H3. The van der Waals surface area contributed by atoms with Crippen LogP contribution in [0.1, 0.15) is 32.6 Å². The van der Waals surface area contributed by atoms with Gasteiger partial charge in [0.15, 0.2) is 0 Å². The maximum atomic E-state index is 12.0. The van der Waals surface area contributed by atoms with Crippen LogP contribution >= 0.6 is 0 Å². The van der Waals surface area contributed by atoms with Crippen molar-refractivity contribution in [2.24, 2.45) is 5.73 Å². The third kappa shape index (κ3) is 3.19. The number of likely N-dealkylation sites (N-methyl/N-ethyl adjacent to an activating group) is 1. The lowest BCUT2D eigenvalue weighted by atomic mass is 10.1. The number of rotatable bonds is 3. The van der Waals surface area contributed by atoms with Gasteiger partial charge in [-0.25, -0.2) is 0 Å². The summed E-state index contributed by atoms with van der Waals surface area (Å²) in [5.74, 6) is 0.181.